The molecule has 1 amide bonds. The third kappa shape index (κ3) is 4.67. The van der Waals surface area contributed by atoms with Gasteiger partial charge in [-0.3, -0.25) is 4.79 Å². The van der Waals surface area contributed by atoms with E-state index in [2.05, 4.69) is 11.4 Å². The van der Waals surface area contributed by atoms with E-state index < -0.39 is 6.10 Å². The topological polar surface area (TPSA) is 80.6 Å². The van der Waals surface area contributed by atoms with Crippen molar-refractivity contribution in [2.45, 2.75) is 20.0 Å². The zero-order chi connectivity index (χ0) is 19.1. The van der Waals surface area contributed by atoms with Crippen molar-refractivity contribution in [2.75, 3.05) is 19.5 Å². The summed E-state index contributed by atoms with van der Waals surface area (Å²) in [5.41, 5.74) is 0.919. The number of hydrogen-bond acceptors (Lipinski definition) is 5. The molecule has 0 spiro atoms. The van der Waals surface area contributed by atoms with Gasteiger partial charge in [0.15, 0.2) is 6.10 Å². The third-order valence-corrected chi connectivity index (χ3v) is 3.74. The highest BCUT2D eigenvalue weighted by atomic mass is 16.5. The zero-order valence-electron chi connectivity index (χ0n) is 15.3. The molecule has 2 aromatic rings. The molecular formula is C20H22N2O4. The Labute approximate surface area is 153 Å². The smallest absolute Gasteiger partial charge is 0.265 e. The van der Waals surface area contributed by atoms with Gasteiger partial charge in [0.05, 0.1) is 19.8 Å². The van der Waals surface area contributed by atoms with Crippen LogP contribution in [0, 0.1) is 17.2 Å². The number of carbonyl (C=O) groups is 1. The van der Waals surface area contributed by atoms with Gasteiger partial charge in [-0.1, -0.05) is 26.0 Å². The Morgan fingerprint density at radius 2 is 1.69 bits per heavy atom. The number of ether oxygens (including phenoxy) is 3. The van der Waals surface area contributed by atoms with Gasteiger partial charge in [-0.2, -0.15) is 5.26 Å². The van der Waals surface area contributed by atoms with Crippen molar-refractivity contribution >= 4 is 11.6 Å². The summed E-state index contributed by atoms with van der Waals surface area (Å²) in [6, 6.07) is 14.0. The van der Waals surface area contributed by atoms with Crippen LogP contribution in [0.3, 0.4) is 0 Å². The summed E-state index contributed by atoms with van der Waals surface area (Å²) >= 11 is 0. The number of nitrogens with one attached hydrogen (secondary N) is 1. The summed E-state index contributed by atoms with van der Waals surface area (Å²) in [7, 11) is 3.08. The van der Waals surface area contributed by atoms with Crippen molar-refractivity contribution in [2.24, 2.45) is 5.92 Å². The van der Waals surface area contributed by atoms with Crippen LogP contribution in [0.2, 0.25) is 0 Å². The summed E-state index contributed by atoms with van der Waals surface area (Å²) in [6.07, 6.45) is -0.762. The van der Waals surface area contributed by atoms with Crippen LogP contribution in [-0.4, -0.2) is 26.2 Å². The molecule has 0 aliphatic carbocycles. The maximum absolute atomic E-state index is 12.8. The highest BCUT2D eigenvalue weighted by Crippen LogP contribution is 2.27. The van der Waals surface area contributed by atoms with E-state index in [-0.39, 0.29) is 11.8 Å². The fourth-order valence-corrected chi connectivity index (χ4v) is 2.38. The van der Waals surface area contributed by atoms with E-state index in [9.17, 15) is 10.1 Å². The molecule has 1 N–H and O–H groups in total. The predicted molar refractivity (Wildman–Crippen MR) is 98.6 cm³/mol. The standard InChI is InChI=1S/C20H22N2O4/c1-13(2)19(26-18-8-6-5-7-14(18)12-21)20(23)22-15-9-16(24-3)11-17(10-15)25-4/h5-11,13,19H,1-4H3,(H,22,23). The van der Waals surface area contributed by atoms with Gasteiger partial charge in [-0.25, -0.2) is 0 Å². The molecule has 1 unspecified atom stereocenters. The Kier molecular flexibility index (Phi) is 6.45. The summed E-state index contributed by atoms with van der Waals surface area (Å²) in [5.74, 6) is 1.09. The fraction of sp³-hybridized carbons (Fsp3) is 0.300. The molecule has 6 nitrogen and oxygen atoms in total. The molecule has 26 heavy (non-hydrogen) atoms. The van der Waals surface area contributed by atoms with Crippen molar-refractivity contribution in [3.8, 4) is 23.3 Å². The molecule has 0 radical (unpaired) electrons. The van der Waals surface area contributed by atoms with Crippen LogP contribution in [0.5, 0.6) is 17.2 Å². The van der Waals surface area contributed by atoms with E-state index in [0.717, 1.165) is 0 Å². The zero-order valence-corrected chi connectivity index (χ0v) is 15.3. The number of hydrogen-bond donors (Lipinski definition) is 1. The van der Waals surface area contributed by atoms with Crippen molar-refractivity contribution in [3.63, 3.8) is 0 Å². The van der Waals surface area contributed by atoms with Crippen molar-refractivity contribution in [3.05, 3.63) is 48.0 Å². The second-order valence-electron chi connectivity index (χ2n) is 5.98. The van der Waals surface area contributed by atoms with Gasteiger partial charge in [-0.05, 0) is 18.1 Å². The Hall–Kier alpha value is -3.20. The van der Waals surface area contributed by atoms with Gasteiger partial charge in [0.1, 0.15) is 23.3 Å². The Bertz CT molecular complexity index is 789. The number of anilines is 1. The van der Waals surface area contributed by atoms with E-state index >= 15 is 0 Å². The molecule has 0 saturated heterocycles. The van der Waals surface area contributed by atoms with Gasteiger partial charge in [0.25, 0.3) is 5.91 Å². The highest BCUT2D eigenvalue weighted by Gasteiger charge is 2.25. The van der Waals surface area contributed by atoms with Crippen LogP contribution < -0.4 is 19.5 Å². The Balaban J connectivity index is 2.23. The third-order valence-electron chi connectivity index (χ3n) is 3.74. The maximum atomic E-state index is 12.8. The first-order valence-corrected chi connectivity index (χ1v) is 8.18. The van der Waals surface area contributed by atoms with E-state index in [1.54, 1.807) is 56.7 Å². The summed E-state index contributed by atoms with van der Waals surface area (Å²) < 4.78 is 16.3. The van der Waals surface area contributed by atoms with E-state index in [1.807, 2.05) is 13.8 Å². The quantitative estimate of drug-likeness (QED) is 0.821. The van der Waals surface area contributed by atoms with Gasteiger partial charge in [0.2, 0.25) is 0 Å². The first-order chi connectivity index (χ1) is 12.5. The van der Waals surface area contributed by atoms with Gasteiger partial charge in [-0.15, -0.1) is 0 Å². The van der Waals surface area contributed by atoms with Gasteiger partial charge < -0.3 is 19.5 Å². The molecule has 0 aromatic heterocycles. The van der Waals surface area contributed by atoms with Crippen LogP contribution in [0.25, 0.3) is 0 Å². The first-order valence-electron chi connectivity index (χ1n) is 8.18. The molecule has 0 aliphatic heterocycles. The number of carbonyl (C=O) groups excluding carboxylic acids is 1. The second-order valence-corrected chi connectivity index (χ2v) is 5.98. The maximum Gasteiger partial charge on any atom is 0.265 e. The molecule has 0 heterocycles. The van der Waals surface area contributed by atoms with Crippen molar-refractivity contribution in [1.29, 1.82) is 5.26 Å². The average molecular weight is 354 g/mol. The number of nitrogens with zero attached hydrogens (tertiary/aromatic N) is 1. The lowest BCUT2D eigenvalue weighted by molar-refractivity contribution is -0.124. The number of para-hydroxylation sites is 1. The van der Waals surface area contributed by atoms with Crippen LogP contribution in [0.15, 0.2) is 42.5 Å². The summed E-state index contributed by atoms with van der Waals surface area (Å²) in [4.78, 5) is 12.8. The summed E-state index contributed by atoms with van der Waals surface area (Å²) in [5, 5.41) is 12.0. The molecule has 0 fully saturated rings. The SMILES string of the molecule is COc1cc(NC(=O)C(Oc2ccccc2C#N)C(C)C)cc(OC)c1. The van der Waals surface area contributed by atoms with Crippen molar-refractivity contribution in [1.82, 2.24) is 0 Å². The summed E-state index contributed by atoms with van der Waals surface area (Å²) in [6.45, 7) is 3.76. The molecule has 0 saturated carbocycles. The molecule has 0 bridgehead atoms. The molecular weight excluding hydrogens is 332 g/mol. The minimum atomic E-state index is -0.762. The van der Waals surface area contributed by atoms with Crippen LogP contribution >= 0.6 is 0 Å². The minimum Gasteiger partial charge on any atom is -0.497 e. The minimum absolute atomic E-state index is 0.103. The normalized spacial score (nSPS) is 11.4. The van der Waals surface area contributed by atoms with E-state index in [0.29, 0.717) is 28.5 Å². The second kappa shape index (κ2) is 8.77. The van der Waals surface area contributed by atoms with Gasteiger partial charge >= 0.3 is 0 Å². The lowest BCUT2D eigenvalue weighted by Gasteiger charge is -2.22. The predicted octanol–water partition coefficient (Wildman–Crippen LogP) is 3.62. The molecule has 2 aromatic carbocycles. The average Bonchev–Trinajstić information content (AvgIpc) is 2.65. The van der Waals surface area contributed by atoms with Crippen molar-refractivity contribution < 1.29 is 19.0 Å². The van der Waals surface area contributed by atoms with E-state index in [1.165, 1.54) is 0 Å². The van der Waals surface area contributed by atoms with Crippen LogP contribution in [0.4, 0.5) is 5.69 Å². The molecule has 6 heteroatoms. The highest BCUT2D eigenvalue weighted by molar-refractivity contribution is 5.95. The largest absolute Gasteiger partial charge is 0.497 e. The molecule has 2 rings (SSSR count). The number of benzene rings is 2. The fourth-order valence-electron chi connectivity index (χ4n) is 2.38. The van der Waals surface area contributed by atoms with Gasteiger partial charge in [0, 0.05) is 23.9 Å². The number of amides is 1. The Morgan fingerprint density at radius 3 is 2.23 bits per heavy atom. The number of nitriles is 1. The number of methoxy groups -OCH3 is 2. The monoisotopic (exact) mass is 354 g/mol. The lowest BCUT2D eigenvalue weighted by Crippen LogP contribution is -2.37. The van der Waals surface area contributed by atoms with Crippen LogP contribution in [0.1, 0.15) is 19.4 Å². The number of rotatable bonds is 7. The Morgan fingerprint density at radius 1 is 1.08 bits per heavy atom. The molecule has 0 aliphatic rings. The first kappa shape index (κ1) is 19.1. The lowest BCUT2D eigenvalue weighted by atomic mass is 10.1. The molecule has 1 atom stereocenters. The van der Waals surface area contributed by atoms with Crippen LogP contribution in [-0.2, 0) is 4.79 Å². The molecule has 136 valence electrons. The van der Waals surface area contributed by atoms with E-state index in [4.69, 9.17) is 14.2 Å².